The molecule has 0 bridgehead atoms. The summed E-state index contributed by atoms with van der Waals surface area (Å²) < 4.78 is 20.2. The second-order valence-electron chi connectivity index (χ2n) is 7.81. The lowest BCUT2D eigenvalue weighted by atomic mass is 9.98. The van der Waals surface area contributed by atoms with Crippen LogP contribution in [0, 0.1) is 23.6 Å². The fourth-order valence-corrected chi connectivity index (χ4v) is 3.72. The number of ether oxygens (including phenoxy) is 1. The highest BCUT2D eigenvalue weighted by molar-refractivity contribution is 5.91. The normalized spacial score (nSPS) is 13.8. The zero-order chi connectivity index (χ0) is 22.5. The molecule has 0 spiro atoms. The van der Waals surface area contributed by atoms with E-state index in [9.17, 15) is 4.39 Å². The molecule has 5 rings (SSSR count). The van der Waals surface area contributed by atoms with E-state index in [1.54, 1.807) is 30.5 Å². The van der Waals surface area contributed by atoms with Crippen LogP contribution in [0.2, 0.25) is 0 Å². The van der Waals surface area contributed by atoms with Crippen LogP contribution in [0.25, 0.3) is 10.9 Å². The molecule has 33 heavy (non-hydrogen) atoms. The molecule has 0 aliphatic carbocycles. The van der Waals surface area contributed by atoms with Crippen LogP contribution in [0.4, 0.5) is 15.9 Å². The number of nitrogens with zero attached hydrogens (tertiary/aromatic N) is 3. The molecular weight excluding hydrogens is 417 g/mol. The van der Waals surface area contributed by atoms with E-state index in [-0.39, 0.29) is 5.75 Å². The van der Waals surface area contributed by atoms with E-state index in [2.05, 4.69) is 37.4 Å². The number of fused-ring (bicyclic) bond motifs is 1. The Hall–Kier alpha value is -4.02. The lowest BCUT2D eigenvalue weighted by molar-refractivity contribution is 0.441. The van der Waals surface area contributed by atoms with E-state index in [0.29, 0.717) is 23.2 Å². The highest BCUT2D eigenvalue weighted by Crippen LogP contribution is 2.29. The number of pyridine rings is 1. The summed E-state index contributed by atoms with van der Waals surface area (Å²) in [6.45, 7) is 2.03. The molecule has 164 valence electrons. The summed E-state index contributed by atoms with van der Waals surface area (Å²) in [6.07, 6.45) is 6.80. The third-order valence-electron chi connectivity index (χ3n) is 5.45. The zero-order valence-electron chi connectivity index (χ0n) is 17.9. The Labute approximate surface area is 191 Å². The van der Waals surface area contributed by atoms with Gasteiger partial charge in [0.15, 0.2) is 11.6 Å². The number of halogens is 1. The van der Waals surface area contributed by atoms with Crippen molar-refractivity contribution in [3.05, 3.63) is 78.6 Å². The van der Waals surface area contributed by atoms with Crippen LogP contribution in [-0.2, 0) is 0 Å². The van der Waals surface area contributed by atoms with Crippen molar-refractivity contribution >= 4 is 22.4 Å². The van der Waals surface area contributed by atoms with Gasteiger partial charge in [-0.05, 0) is 68.4 Å². The summed E-state index contributed by atoms with van der Waals surface area (Å²) >= 11 is 0. The van der Waals surface area contributed by atoms with E-state index in [1.165, 1.54) is 18.6 Å². The molecule has 7 heteroatoms. The predicted octanol–water partition coefficient (Wildman–Crippen LogP) is 5.05. The molecule has 1 fully saturated rings. The van der Waals surface area contributed by atoms with Gasteiger partial charge in [-0.3, -0.25) is 4.98 Å². The third kappa shape index (κ3) is 5.08. The van der Waals surface area contributed by atoms with Crippen LogP contribution in [0.5, 0.6) is 11.5 Å². The van der Waals surface area contributed by atoms with Gasteiger partial charge in [0.2, 0.25) is 0 Å². The molecule has 0 radical (unpaired) electrons. The van der Waals surface area contributed by atoms with Crippen LogP contribution in [-0.4, -0.2) is 28.0 Å². The van der Waals surface area contributed by atoms with Crippen LogP contribution in [0.15, 0.2) is 67.3 Å². The molecule has 0 amide bonds. The number of benzene rings is 2. The Kier molecular flexibility index (Phi) is 6.09. The second kappa shape index (κ2) is 9.63. The van der Waals surface area contributed by atoms with E-state index in [0.717, 1.165) is 42.4 Å². The first-order valence-corrected chi connectivity index (χ1v) is 10.9. The Morgan fingerprint density at radius 3 is 2.79 bits per heavy atom. The van der Waals surface area contributed by atoms with Crippen molar-refractivity contribution in [2.45, 2.75) is 12.8 Å². The standard InChI is InChI=1S/C26H22FN5O/c27-23-15-20(6-8-25(23)33-21-2-1-11-29-16-21)32-26-22-14-19(5-7-24(22)30-17-31-26)4-3-18-9-12-28-13-10-18/h1-2,5-8,11,14-18,28H,9-10,12-13H2,(H,30,31,32). The van der Waals surface area contributed by atoms with Crippen molar-refractivity contribution in [2.75, 3.05) is 18.4 Å². The maximum Gasteiger partial charge on any atom is 0.167 e. The first-order valence-electron chi connectivity index (χ1n) is 10.9. The third-order valence-corrected chi connectivity index (χ3v) is 5.45. The van der Waals surface area contributed by atoms with Crippen LogP contribution < -0.4 is 15.4 Å². The van der Waals surface area contributed by atoms with Crippen molar-refractivity contribution in [3.8, 4) is 23.3 Å². The summed E-state index contributed by atoms with van der Waals surface area (Å²) in [5.41, 5.74) is 2.25. The van der Waals surface area contributed by atoms with E-state index in [4.69, 9.17) is 4.74 Å². The van der Waals surface area contributed by atoms with Gasteiger partial charge < -0.3 is 15.4 Å². The van der Waals surface area contributed by atoms with Gasteiger partial charge in [-0.1, -0.05) is 11.8 Å². The molecule has 2 aromatic heterocycles. The number of aromatic nitrogens is 3. The summed E-state index contributed by atoms with van der Waals surface area (Å²) in [7, 11) is 0. The van der Waals surface area contributed by atoms with Gasteiger partial charge in [-0.15, -0.1) is 0 Å². The fraction of sp³-hybridized carbons (Fsp3) is 0.192. The highest BCUT2D eigenvalue weighted by atomic mass is 19.1. The summed E-state index contributed by atoms with van der Waals surface area (Å²) in [6, 6.07) is 14.0. The summed E-state index contributed by atoms with van der Waals surface area (Å²) in [5.74, 6) is 7.79. The first kappa shape index (κ1) is 20.9. The Balaban J connectivity index is 1.38. The number of hydrogen-bond donors (Lipinski definition) is 2. The average molecular weight is 439 g/mol. The molecule has 1 saturated heterocycles. The quantitative estimate of drug-likeness (QED) is 0.434. The molecule has 2 aromatic carbocycles. The van der Waals surface area contributed by atoms with Gasteiger partial charge >= 0.3 is 0 Å². The topological polar surface area (TPSA) is 72.0 Å². The van der Waals surface area contributed by atoms with Gasteiger partial charge in [0.25, 0.3) is 0 Å². The highest BCUT2D eigenvalue weighted by Gasteiger charge is 2.11. The van der Waals surface area contributed by atoms with Crippen molar-refractivity contribution in [3.63, 3.8) is 0 Å². The molecule has 0 saturated carbocycles. The molecule has 0 atom stereocenters. The number of anilines is 2. The van der Waals surface area contributed by atoms with Crippen molar-refractivity contribution in [1.29, 1.82) is 0 Å². The summed E-state index contributed by atoms with van der Waals surface area (Å²) in [4.78, 5) is 12.7. The maximum absolute atomic E-state index is 14.7. The maximum atomic E-state index is 14.7. The van der Waals surface area contributed by atoms with Gasteiger partial charge in [-0.25, -0.2) is 14.4 Å². The molecule has 6 nitrogen and oxygen atoms in total. The molecule has 4 aromatic rings. The molecule has 1 aliphatic rings. The number of nitrogens with one attached hydrogen (secondary N) is 2. The SMILES string of the molecule is Fc1cc(Nc2ncnc3ccc(C#CC4CCNCC4)cc23)ccc1Oc1cccnc1. The van der Waals surface area contributed by atoms with Crippen molar-refractivity contribution in [2.24, 2.45) is 5.92 Å². The predicted molar refractivity (Wildman–Crippen MR) is 126 cm³/mol. The summed E-state index contributed by atoms with van der Waals surface area (Å²) in [5, 5.41) is 7.38. The average Bonchev–Trinajstić information content (AvgIpc) is 2.86. The second-order valence-corrected chi connectivity index (χ2v) is 7.81. The number of rotatable bonds is 4. The van der Waals surface area contributed by atoms with Gasteiger partial charge in [-0.2, -0.15) is 0 Å². The minimum Gasteiger partial charge on any atom is -0.453 e. The molecule has 1 aliphatic heterocycles. The van der Waals surface area contributed by atoms with Gasteiger partial charge in [0.1, 0.15) is 17.9 Å². The Morgan fingerprint density at radius 2 is 1.97 bits per heavy atom. The molecule has 2 N–H and O–H groups in total. The van der Waals surface area contributed by atoms with Crippen molar-refractivity contribution in [1.82, 2.24) is 20.3 Å². The van der Waals surface area contributed by atoms with Crippen LogP contribution in [0.3, 0.4) is 0 Å². The van der Waals surface area contributed by atoms with Crippen LogP contribution >= 0.6 is 0 Å². The van der Waals surface area contributed by atoms with E-state index >= 15 is 0 Å². The lowest BCUT2D eigenvalue weighted by Crippen LogP contribution is -2.26. The van der Waals surface area contributed by atoms with E-state index < -0.39 is 5.82 Å². The number of piperidine rings is 1. The first-order chi connectivity index (χ1) is 16.2. The monoisotopic (exact) mass is 439 g/mol. The minimum atomic E-state index is -0.490. The molecule has 3 heterocycles. The smallest absolute Gasteiger partial charge is 0.167 e. The minimum absolute atomic E-state index is 0.122. The fourth-order valence-electron chi connectivity index (χ4n) is 3.72. The van der Waals surface area contributed by atoms with Gasteiger partial charge in [0, 0.05) is 34.8 Å². The number of hydrogen-bond acceptors (Lipinski definition) is 6. The lowest BCUT2D eigenvalue weighted by Gasteiger charge is -2.17. The Morgan fingerprint density at radius 1 is 1.06 bits per heavy atom. The molecule has 0 unspecified atom stereocenters. The molecular formula is C26H22FN5O. The Bertz CT molecular complexity index is 1330. The largest absolute Gasteiger partial charge is 0.453 e. The van der Waals surface area contributed by atoms with Gasteiger partial charge in [0.05, 0.1) is 11.7 Å². The van der Waals surface area contributed by atoms with E-state index in [1.807, 2.05) is 18.2 Å². The van der Waals surface area contributed by atoms with Crippen molar-refractivity contribution < 1.29 is 9.13 Å². The zero-order valence-corrected chi connectivity index (χ0v) is 17.9. The van der Waals surface area contributed by atoms with Crippen LogP contribution in [0.1, 0.15) is 18.4 Å².